The molecular weight excluding hydrogens is 480 g/mol. The fourth-order valence-corrected chi connectivity index (χ4v) is 4.28. The molecule has 0 spiro atoms. The Morgan fingerprint density at radius 2 is 1.78 bits per heavy atom. The highest BCUT2D eigenvalue weighted by molar-refractivity contribution is 6.02. The minimum atomic E-state index is -0.592. The van der Waals surface area contributed by atoms with E-state index in [2.05, 4.69) is 20.4 Å². The third-order valence-electron chi connectivity index (χ3n) is 6.24. The normalized spacial score (nSPS) is 15.6. The number of nitrogens with zero attached hydrogens (tertiary/aromatic N) is 3. The molecule has 37 heavy (non-hydrogen) atoms. The van der Waals surface area contributed by atoms with E-state index in [9.17, 15) is 9.59 Å². The molecule has 3 aromatic rings. The van der Waals surface area contributed by atoms with Crippen molar-refractivity contribution in [2.45, 2.75) is 19.4 Å². The van der Waals surface area contributed by atoms with Crippen molar-refractivity contribution in [1.29, 1.82) is 0 Å². The molecule has 1 unspecified atom stereocenters. The minimum Gasteiger partial charge on any atom is -0.497 e. The largest absolute Gasteiger partial charge is 0.497 e. The zero-order valence-corrected chi connectivity index (χ0v) is 21.3. The maximum Gasteiger partial charge on any atom is 0.340 e. The number of aromatic nitrogens is 2. The predicted molar refractivity (Wildman–Crippen MR) is 134 cm³/mol. The molecule has 0 saturated carbocycles. The average Bonchev–Trinajstić information content (AvgIpc) is 3.40. The van der Waals surface area contributed by atoms with Crippen LogP contribution >= 0.6 is 0 Å². The molecular formula is C26H30N4O7. The van der Waals surface area contributed by atoms with Gasteiger partial charge in [-0.2, -0.15) is 4.98 Å². The van der Waals surface area contributed by atoms with E-state index in [0.29, 0.717) is 48.4 Å². The fourth-order valence-electron chi connectivity index (χ4n) is 4.28. The van der Waals surface area contributed by atoms with Crippen molar-refractivity contribution >= 4 is 17.6 Å². The van der Waals surface area contributed by atoms with E-state index >= 15 is 0 Å². The van der Waals surface area contributed by atoms with Crippen LogP contribution in [0.4, 0.5) is 5.69 Å². The molecule has 4 rings (SSSR count). The SMILES string of the molecule is COC(=O)c1cc(OC)c(OC)cc1NC(=O)C1CCCN(Cc2nc(-c3ccc(OC)cc3)no2)C1. The summed E-state index contributed by atoms with van der Waals surface area (Å²) in [5.74, 6) is 1.37. The van der Waals surface area contributed by atoms with E-state index in [1.807, 2.05) is 24.3 Å². The number of rotatable bonds is 9. The molecule has 1 aliphatic heterocycles. The maximum atomic E-state index is 13.2. The van der Waals surface area contributed by atoms with Gasteiger partial charge in [-0.3, -0.25) is 9.69 Å². The molecule has 2 aromatic carbocycles. The summed E-state index contributed by atoms with van der Waals surface area (Å²) in [6.07, 6.45) is 1.54. The van der Waals surface area contributed by atoms with Crippen LogP contribution < -0.4 is 19.5 Å². The number of esters is 1. The lowest BCUT2D eigenvalue weighted by Gasteiger charge is -2.31. The second-order valence-corrected chi connectivity index (χ2v) is 8.55. The van der Waals surface area contributed by atoms with E-state index in [0.717, 1.165) is 24.3 Å². The number of piperidine rings is 1. The number of hydrogen-bond donors (Lipinski definition) is 1. The summed E-state index contributed by atoms with van der Waals surface area (Å²) in [4.78, 5) is 32.2. The van der Waals surface area contributed by atoms with Gasteiger partial charge in [0.25, 0.3) is 0 Å². The van der Waals surface area contributed by atoms with Crippen molar-refractivity contribution in [2.75, 3.05) is 46.8 Å². The number of carbonyl (C=O) groups is 2. The van der Waals surface area contributed by atoms with Gasteiger partial charge < -0.3 is 28.8 Å². The molecule has 0 radical (unpaired) electrons. The number of methoxy groups -OCH3 is 4. The molecule has 1 fully saturated rings. The Balaban J connectivity index is 1.43. The number of hydrogen-bond acceptors (Lipinski definition) is 10. The molecule has 1 amide bonds. The zero-order chi connectivity index (χ0) is 26.4. The number of anilines is 1. The molecule has 0 aliphatic carbocycles. The van der Waals surface area contributed by atoms with Gasteiger partial charge in [-0.05, 0) is 43.7 Å². The fraction of sp³-hybridized carbons (Fsp3) is 0.385. The van der Waals surface area contributed by atoms with Gasteiger partial charge in [0.2, 0.25) is 17.6 Å². The molecule has 1 saturated heterocycles. The zero-order valence-electron chi connectivity index (χ0n) is 21.3. The Morgan fingerprint density at radius 1 is 1.05 bits per heavy atom. The van der Waals surface area contributed by atoms with Gasteiger partial charge in [-0.15, -0.1) is 0 Å². The Bertz CT molecular complexity index is 1240. The van der Waals surface area contributed by atoms with E-state index < -0.39 is 5.97 Å². The summed E-state index contributed by atoms with van der Waals surface area (Å²) in [5, 5.41) is 6.96. The second-order valence-electron chi connectivity index (χ2n) is 8.55. The van der Waals surface area contributed by atoms with Gasteiger partial charge in [-0.1, -0.05) is 5.16 Å². The lowest BCUT2D eigenvalue weighted by atomic mass is 9.96. The summed E-state index contributed by atoms with van der Waals surface area (Å²) in [5.41, 5.74) is 1.30. The van der Waals surface area contributed by atoms with Gasteiger partial charge >= 0.3 is 5.97 Å². The number of carbonyl (C=O) groups excluding carboxylic acids is 2. The standard InChI is InChI=1S/C26H30N4O7/c1-33-18-9-7-16(8-10-18)24-28-23(37-29-24)15-30-11-5-6-17(14-30)25(31)27-20-13-22(35-3)21(34-2)12-19(20)26(32)36-4/h7-10,12-13,17H,5-6,11,14-15H2,1-4H3,(H,27,31). The van der Waals surface area contributed by atoms with Gasteiger partial charge in [0.15, 0.2) is 11.5 Å². The van der Waals surface area contributed by atoms with Gasteiger partial charge in [0.1, 0.15) is 5.75 Å². The third-order valence-corrected chi connectivity index (χ3v) is 6.24. The van der Waals surface area contributed by atoms with Crippen LogP contribution in [0.15, 0.2) is 40.9 Å². The Kier molecular flexibility index (Phi) is 8.24. The summed E-state index contributed by atoms with van der Waals surface area (Å²) < 4.78 is 26.1. The Hall–Kier alpha value is -4.12. The van der Waals surface area contributed by atoms with Crippen LogP contribution in [0.1, 0.15) is 29.1 Å². The highest BCUT2D eigenvalue weighted by atomic mass is 16.5. The monoisotopic (exact) mass is 510 g/mol. The van der Waals surface area contributed by atoms with Crippen LogP contribution in [-0.4, -0.2) is 68.4 Å². The molecule has 1 aromatic heterocycles. The summed E-state index contributed by atoms with van der Waals surface area (Å²) in [7, 11) is 5.84. The van der Waals surface area contributed by atoms with E-state index in [1.54, 1.807) is 13.2 Å². The number of amides is 1. The molecule has 1 aliphatic rings. The number of benzene rings is 2. The molecule has 2 heterocycles. The van der Waals surface area contributed by atoms with Gasteiger partial charge in [0, 0.05) is 24.2 Å². The van der Waals surface area contributed by atoms with Crippen molar-refractivity contribution in [2.24, 2.45) is 5.92 Å². The molecule has 0 bridgehead atoms. The van der Waals surface area contributed by atoms with E-state index in [4.69, 9.17) is 23.5 Å². The molecule has 196 valence electrons. The highest BCUT2D eigenvalue weighted by Gasteiger charge is 2.28. The predicted octanol–water partition coefficient (Wildman–Crippen LogP) is 3.40. The van der Waals surface area contributed by atoms with Crippen LogP contribution in [0, 0.1) is 5.92 Å². The van der Waals surface area contributed by atoms with Crippen LogP contribution in [0.5, 0.6) is 17.2 Å². The van der Waals surface area contributed by atoms with Crippen LogP contribution in [-0.2, 0) is 16.1 Å². The van der Waals surface area contributed by atoms with Gasteiger partial charge in [0.05, 0.1) is 52.2 Å². The first-order valence-corrected chi connectivity index (χ1v) is 11.8. The van der Waals surface area contributed by atoms with E-state index in [-0.39, 0.29) is 17.4 Å². The number of ether oxygens (including phenoxy) is 4. The number of likely N-dealkylation sites (tertiary alicyclic amines) is 1. The quantitative estimate of drug-likeness (QED) is 0.428. The lowest BCUT2D eigenvalue weighted by molar-refractivity contribution is -0.121. The van der Waals surface area contributed by atoms with Crippen molar-refractivity contribution in [3.8, 4) is 28.6 Å². The third kappa shape index (κ3) is 6.00. The van der Waals surface area contributed by atoms with Crippen molar-refractivity contribution < 1.29 is 33.1 Å². The van der Waals surface area contributed by atoms with Crippen molar-refractivity contribution in [3.63, 3.8) is 0 Å². The molecule has 1 N–H and O–H groups in total. The van der Waals surface area contributed by atoms with Crippen molar-refractivity contribution in [1.82, 2.24) is 15.0 Å². The second kappa shape index (κ2) is 11.7. The highest BCUT2D eigenvalue weighted by Crippen LogP contribution is 2.34. The van der Waals surface area contributed by atoms with Crippen LogP contribution in [0.3, 0.4) is 0 Å². The first-order valence-electron chi connectivity index (χ1n) is 11.8. The smallest absolute Gasteiger partial charge is 0.340 e. The molecule has 11 nitrogen and oxygen atoms in total. The molecule has 11 heteroatoms. The minimum absolute atomic E-state index is 0.179. The van der Waals surface area contributed by atoms with Crippen LogP contribution in [0.2, 0.25) is 0 Å². The topological polar surface area (TPSA) is 125 Å². The average molecular weight is 511 g/mol. The Morgan fingerprint density at radius 3 is 2.46 bits per heavy atom. The Labute approximate surface area is 214 Å². The first-order chi connectivity index (χ1) is 17.9. The molecule has 1 atom stereocenters. The summed E-state index contributed by atoms with van der Waals surface area (Å²) in [6.45, 7) is 1.73. The first kappa shape index (κ1) is 26.0. The van der Waals surface area contributed by atoms with Crippen LogP contribution in [0.25, 0.3) is 11.4 Å². The van der Waals surface area contributed by atoms with E-state index in [1.165, 1.54) is 27.4 Å². The lowest BCUT2D eigenvalue weighted by Crippen LogP contribution is -2.40. The summed E-state index contributed by atoms with van der Waals surface area (Å²) >= 11 is 0. The van der Waals surface area contributed by atoms with Gasteiger partial charge in [-0.25, -0.2) is 4.79 Å². The number of nitrogens with one attached hydrogen (secondary N) is 1. The van der Waals surface area contributed by atoms with Crippen molar-refractivity contribution in [3.05, 3.63) is 47.9 Å². The summed E-state index contributed by atoms with van der Waals surface area (Å²) in [6, 6.07) is 10.5. The maximum absolute atomic E-state index is 13.2.